The molecule has 0 spiro atoms. The van der Waals surface area contributed by atoms with Crippen LogP contribution in [0.15, 0.2) is 30.3 Å². The highest BCUT2D eigenvalue weighted by molar-refractivity contribution is 5.91. The van der Waals surface area contributed by atoms with Gasteiger partial charge in [-0.1, -0.05) is 44.2 Å². The Balaban J connectivity index is 2.06. The van der Waals surface area contributed by atoms with Crippen molar-refractivity contribution < 1.29 is 14.3 Å². The molecule has 0 radical (unpaired) electrons. The third kappa shape index (κ3) is 2.30. The summed E-state index contributed by atoms with van der Waals surface area (Å²) in [5.41, 5.74) is 0.952. The minimum absolute atomic E-state index is 0.216. The first-order chi connectivity index (χ1) is 8.09. The van der Waals surface area contributed by atoms with Crippen LogP contribution in [-0.2, 0) is 14.3 Å². The molecule has 1 aromatic carbocycles. The van der Waals surface area contributed by atoms with Gasteiger partial charge in [-0.2, -0.15) is 0 Å². The number of β-lactam (4-membered cyclic amide) rings is 1. The van der Waals surface area contributed by atoms with Crippen molar-refractivity contribution in [3.63, 3.8) is 0 Å². The van der Waals surface area contributed by atoms with Crippen LogP contribution < -0.4 is 5.32 Å². The first-order valence-electron chi connectivity index (χ1n) is 5.65. The Morgan fingerprint density at radius 2 is 1.94 bits per heavy atom. The van der Waals surface area contributed by atoms with Gasteiger partial charge in [-0.05, 0) is 5.56 Å². The van der Waals surface area contributed by atoms with Crippen molar-refractivity contribution >= 4 is 11.9 Å². The van der Waals surface area contributed by atoms with E-state index in [-0.39, 0.29) is 23.8 Å². The fraction of sp³-hybridized carbons (Fsp3) is 0.385. The molecule has 4 heteroatoms. The van der Waals surface area contributed by atoms with Gasteiger partial charge in [0.15, 0.2) is 0 Å². The van der Waals surface area contributed by atoms with E-state index in [0.717, 1.165) is 5.56 Å². The van der Waals surface area contributed by atoms with Gasteiger partial charge in [0.05, 0.1) is 5.92 Å². The van der Waals surface area contributed by atoms with Gasteiger partial charge in [0.25, 0.3) is 5.91 Å². The second-order valence-corrected chi connectivity index (χ2v) is 4.41. The number of carbonyl (C=O) groups excluding carboxylic acids is 2. The molecule has 1 saturated heterocycles. The predicted molar refractivity (Wildman–Crippen MR) is 62.0 cm³/mol. The summed E-state index contributed by atoms with van der Waals surface area (Å²) in [4.78, 5) is 22.9. The van der Waals surface area contributed by atoms with Gasteiger partial charge in [0.2, 0.25) is 6.10 Å². The van der Waals surface area contributed by atoms with Crippen LogP contribution in [0.4, 0.5) is 0 Å². The van der Waals surface area contributed by atoms with E-state index in [1.54, 1.807) is 13.8 Å². The van der Waals surface area contributed by atoms with Crippen LogP contribution in [0, 0.1) is 5.92 Å². The van der Waals surface area contributed by atoms with E-state index < -0.39 is 6.10 Å². The number of ether oxygens (including phenoxy) is 1. The summed E-state index contributed by atoms with van der Waals surface area (Å²) in [5.74, 6) is -0.793. The summed E-state index contributed by atoms with van der Waals surface area (Å²) < 4.78 is 5.18. The Labute approximate surface area is 100.0 Å². The van der Waals surface area contributed by atoms with Crippen molar-refractivity contribution in [2.24, 2.45) is 5.92 Å². The highest BCUT2D eigenvalue weighted by Gasteiger charge is 2.43. The zero-order chi connectivity index (χ0) is 12.4. The lowest BCUT2D eigenvalue weighted by Gasteiger charge is -2.36. The smallest absolute Gasteiger partial charge is 0.309 e. The molecule has 0 aliphatic carbocycles. The minimum Gasteiger partial charge on any atom is -0.449 e. The molecular weight excluding hydrogens is 218 g/mol. The Kier molecular flexibility index (Phi) is 3.13. The summed E-state index contributed by atoms with van der Waals surface area (Å²) in [6.45, 7) is 3.49. The maximum atomic E-state index is 11.5. The number of amides is 1. The van der Waals surface area contributed by atoms with Crippen molar-refractivity contribution in [3.8, 4) is 0 Å². The number of benzene rings is 1. The van der Waals surface area contributed by atoms with Gasteiger partial charge >= 0.3 is 5.97 Å². The molecule has 1 amide bonds. The van der Waals surface area contributed by atoms with Crippen LogP contribution in [0.25, 0.3) is 0 Å². The maximum Gasteiger partial charge on any atom is 0.309 e. The van der Waals surface area contributed by atoms with Gasteiger partial charge in [-0.25, -0.2) is 0 Å². The molecule has 1 fully saturated rings. The number of esters is 1. The molecule has 0 bridgehead atoms. The van der Waals surface area contributed by atoms with Gasteiger partial charge < -0.3 is 10.1 Å². The zero-order valence-electron chi connectivity index (χ0n) is 9.84. The standard InChI is InChI=1S/C13H15NO3/c1-8(2)13(16)17-11-10(14-12(11)15)9-6-4-3-5-7-9/h3-8,10-11H,1-2H3,(H,14,15)/t10-,11+/m0/s1. The van der Waals surface area contributed by atoms with Gasteiger partial charge in [-0.15, -0.1) is 0 Å². The molecule has 0 aromatic heterocycles. The summed E-state index contributed by atoms with van der Waals surface area (Å²) in [6.07, 6.45) is -0.688. The molecule has 1 N–H and O–H groups in total. The van der Waals surface area contributed by atoms with E-state index in [2.05, 4.69) is 5.32 Å². The van der Waals surface area contributed by atoms with Crippen molar-refractivity contribution in [3.05, 3.63) is 35.9 Å². The summed E-state index contributed by atoms with van der Waals surface area (Å²) in [5, 5.41) is 2.74. The van der Waals surface area contributed by atoms with Crippen LogP contribution in [0.2, 0.25) is 0 Å². The second kappa shape index (κ2) is 4.57. The largest absolute Gasteiger partial charge is 0.449 e. The van der Waals surface area contributed by atoms with Crippen molar-refractivity contribution in [2.45, 2.75) is 26.0 Å². The molecule has 17 heavy (non-hydrogen) atoms. The summed E-state index contributed by atoms with van der Waals surface area (Å²) in [7, 11) is 0. The fourth-order valence-corrected chi connectivity index (χ4v) is 1.67. The Hall–Kier alpha value is -1.84. The van der Waals surface area contributed by atoms with Gasteiger partial charge in [0, 0.05) is 0 Å². The predicted octanol–water partition coefficient (Wildman–Crippen LogP) is 1.43. The molecule has 2 rings (SSSR count). The topological polar surface area (TPSA) is 55.4 Å². The number of rotatable bonds is 3. The molecule has 1 aliphatic rings. The van der Waals surface area contributed by atoms with E-state index in [0.29, 0.717) is 0 Å². The number of hydrogen-bond acceptors (Lipinski definition) is 3. The lowest BCUT2D eigenvalue weighted by atomic mass is 9.94. The molecule has 0 unspecified atom stereocenters. The van der Waals surface area contributed by atoms with Crippen LogP contribution in [0.1, 0.15) is 25.5 Å². The molecule has 2 atom stereocenters. The second-order valence-electron chi connectivity index (χ2n) is 4.41. The van der Waals surface area contributed by atoms with Gasteiger partial charge in [-0.3, -0.25) is 9.59 Å². The van der Waals surface area contributed by atoms with E-state index in [4.69, 9.17) is 4.74 Å². The van der Waals surface area contributed by atoms with Crippen molar-refractivity contribution in [1.82, 2.24) is 5.32 Å². The van der Waals surface area contributed by atoms with Crippen LogP contribution in [-0.4, -0.2) is 18.0 Å². The highest BCUT2D eigenvalue weighted by Crippen LogP contribution is 2.27. The molecule has 90 valence electrons. The first kappa shape index (κ1) is 11.6. The van der Waals surface area contributed by atoms with Crippen molar-refractivity contribution in [1.29, 1.82) is 0 Å². The third-order valence-electron chi connectivity index (χ3n) is 2.73. The fourth-order valence-electron chi connectivity index (χ4n) is 1.67. The highest BCUT2D eigenvalue weighted by atomic mass is 16.6. The number of carbonyl (C=O) groups is 2. The van der Waals surface area contributed by atoms with E-state index in [1.165, 1.54) is 0 Å². The normalized spacial score (nSPS) is 22.9. The molecular formula is C13H15NO3. The Morgan fingerprint density at radius 1 is 1.29 bits per heavy atom. The maximum absolute atomic E-state index is 11.5. The average molecular weight is 233 g/mol. The quantitative estimate of drug-likeness (QED) is 0.634. The van der Waals surface area contributed by atoms with Crippen molar-refractivity contribution in [2.75, 3.05) is 0 Å². The van der Waals surface area contributed by atoms with E-state index in [9.17, 15) is 9.59 Å². The SMILES string of the molecule is CC(C)C(=O)O[C@H]1C(=O)N[C@H]1c1ccccc1. The molecule has 1 heterocycles. The summed E-state index contributed by atoms with van der Waals surface area (Å²) >= 11 is 0. The lowest BCUT2D eigenvalue weighted by Crippen LogP contribution is -2.58. The van der Waals surface area contributed by atoms with Gasteiger partial charge in [0.1, 0.15) is 6.04 Å². The molecule has 4 nitrogen and oxygen atoms in total. The molecule has 1 aromatic rings. The van der Waals surface area contributed by atoms with Crippen LogP contribution in [0.3, 0.4) is 0 Å². The average Bonchev–Trinajstić information content (AvgIpc) is 2.33. The van der Waals surface area contributed by atoms with Crippen LogP contribution >= 0.6 is 0 Å². The first-order valence-corrected chi connectivity index (χ1v) is 5.65. The number of nitrogens with one attached hydrogen (secondary N) is 1. The summed E-state index contributed by atoms with van der Waals surface area (Å²) in [6, 6.07) is 9.27. The number of hydrogen-bond donors (Lipinski definition) is 1. The Morgan fingerprint density at radius 3 is 2.47 bits per heavy atom. The zero-order valence-corrected chi connectivity index (χ0v) is 9.84. The monoisotopic (exact) mass is 233 g/mol. The lowest BCUT2D eigenvalue weighted by molar-refractivity contribution is -0.168. The minimum atomic E-state index is -0.688. The van der Waals surface area contributed by atoms with E-state index in [1.807, 2.05) is 30.3 Å². The third-order valence-corrected chi connectivity index (χ3v) is 2.73. The van der Waals surface area contributed by atoms with E-state index >= 15 is 0 Å². The Bertz CT molecular complexity index is 428. The van der Waals surface area contributed by atoms with Crippen LogP contribution in [0.5, 0.6) is 0 Å². The molecule has 1 aliphatic heterocycles. The molecule has 0 saturated carbocycles.